The molecule has 1 aromatic heterocycles. The summed E-state index contributed by atoms with van der Waals surface area (Å²) in [4.78, 5) is 15.8. The molecule has 0 radical (unpaired) electrons. The standard InChI is InChI=1S/C34H32ClN3O7/c1-21-25(4-3-5-27(21)24-6-7-29-32(12-24)43-9-8-42-29)19-45-31-13-30(44-18-23-10-22(14-36)15-37-16-23)26(11-28(31)35)17-38-34(2,20-39)33(40)41/h3-7,10-13,15-16,38-39H,8-9,17-20H2,1-2H3,(H,40,41)/t34-/m1/s1. The lowest BCUT2D eigenvalue weighted by atomic mass is 9.96. The van der Waals surface area contributed by atoms with Gasteiger partial charge in [-0.2, -0.15) is 5.26 Å². The maximum absolute atomic E-state index is 11.7. The fourth-order valence-electron chi connectivity index (χ4n) is 4.76. The zero-order valence-electron chi connectivity index (χ0n) is 24.8. The molecule has 0 saturated heterocycles. The largest absolute Gasteiger partial charge is 0.488 e. The molecule has 0 bridgehead atoms. The molecule has 232 valence electrons. The van der Waals surface area contributed by atoms with Crippen molar-refractivity contribution in [1.82, 2.24) is 10.3 Å². The number of carbonyl (C=O) groups is 1. The summed E-state index contributed by atoms with van der Waals surface area (Å²) in [5.41, 5.74) is 4.04. The van der Waals surface area contributed by atoms with Crippen LogP contribution in [0.25, 0.3) is 11.1 Å². The molecule has 0 saturated carbocycles. The number of nitrogens with zero attached hydrogens (tertiary/aromatic N) is 2. The van der Waals surface area contributed by atoms with Crippen molar-refractivity contribution in [3.63, 3.8) is 0 Å². The van der Waals surface area contributed by atoms with Crippen LogP contribution in [0.3, 0.4) is 0 Å². The number of fused-ring (bicyclic) bond motifs is 1. The van der Waals surface area contributed by atoms with Gasteiger partial charge in [0.2, 0.25) is 0 Å². The third-order valence-electron chi connectivity index (χ3n) is 7.57. The summed E-state index contributed by atoms with van der Waals surface area (Å²) in [5.74, 6) is 0.993. The summed E-state index contributed by atoms with van der Waals surface area (Å²) in [6, 6.07) is 18.9. The van der Waals surface area contributed by atoms with E-state index in [0.717, 1.165) is 28.0 Å². The van der Waals surface area contributed by atoms with Gasteiger partial charge in [-0.05, 0) is 60.4 Å². The normalized spacial score (nSPS) is 13.4. The molecule has 10 nitrogen and oxygen atoms in total. The van der Waals surface area contributed by atoms with Crippen LogP contribution in [0.4, 0.5) is 0 Å². The van der Waals surface area contributed by atoms with E-state index in [0.29, 0.717) is 52.2 Å². The van der Waals surface area contributed by atoms with Gasteiger partial charge in [-0.25, -0.2) is 0 Å². The van der Waals surface area contributed by atoms with Gasteiger partial charge in [0.25, 0.3) is 0 Å². The number of benzene rings is 3. The number of carboxylic acids is 1. The summed E-state index contributed by atoms with van der Waals surface area (Å²) < 4.78 is 23.8. The minimum absolute atomic E-state index is 0.0336. The van der Waals surface area contributed by atoms with Crippen LogP contribution < -0.4 is 24.3 Å². The predicted molar refractivity (Wildman–Crippen MR) is 167 cm³/mol. The van der Waals surface area contributed by atoms with E-state index in [1.807, 2.05) is 43.3 Å². The van der Waals surface area contributed by atoms with Gasteiger partial charge >= 0.3 is 5.97 Å². The van der Waals surface area contributed by atoms with E-state index in [4.69, 9.17) is 30.5 Å². The highest BCUT2D eigenvalue weighted by Gasteiger charge is 2.32. The Kier molecular flexibility index (Phi) is 9.74. The first-order valence-corrected chi connectivity index (χ1v) is 14.6. The molecular weight excluding hydrogens is 598 g/mol. The second-order valence-electron chi connectivity index (χ2n) is 10.8. The van der Waals surface area contributed by atoms with Crippen molar-refractivity contribution in [2.24, 2.45) is 0 Å². The molecule has 3 N–H and O–H groups in total. The third-order valence-corrected chi connectivity index (χ3v) is 7.87. The Bertz CT molecular complexity index is 1760. The van der Waals surface area contributed by atoms with Gasteiger partial charge in [0.15, 0.2) is 11.5 Å². The van der Waals surface area contributed by atoms with Crippen LogP contribution in [0.1, 0.15) is 34.7 Å². The first-order valence-electron chi connectivity index (χ1n) is 14.2. The number of hydrogen-bond donors (Lipinski definition) is 3. The van der Waals surface area contributed by atoms with Gasteiger partial charge in [0.1, 0.15) is 49.5 Å². The van der Waals surface area contributed by atoms with Crippen LogP contribution >= 0.6 is 11.6 Å². The molecule has 45 heavy (non-hydrogen) atoms. The Labute approximate surface area is 265 Å². The molecule has 1 atom stereocenters. The highest BCUT2D eigenvalue weighted by Crippen LogP contribution is 2.37. The molecule has 3 aromatic carbocycles. The Morgan fingerprint density at radius 1 is 1.04 bits per heavy atom. The number of nitriles is 1. The number of rotatable bonds is 12. The fraction of sp³-hybridized carbons (Fsp3) is 0.265. The number of aliphatic carboxylic acids is 1. The van der Waals surface area contributed by atoms with Crippen LogP contribution in [-0.2, 0) is 24.6 Å². The van der Waals surface area contributed by atoms with Crippen molar-refractivity contribution in [2.45, 2.75) is 39.1 Å². The number of ether oxygens (including phenoxy) is 4. The number of aliphatic hydroxyl groups excluding tert-OH is 1. The average molecular weight is 630 g/mol. The lowest BCUT2D eigenvalue weighted by molar-refractivity contribution is -0.145. The Morgan fingerprint density at radius 3 is 2.58 bits per heavy atom. The number of aliphatic hydroxyl groups is 1. The van der Waals surface area contributed by atoms with E-state index in [1.54, 1.807) is 24.4 Å². The van der Waals surface area contributed by atoms with Gasteiger partial charge in [-0.1, -0.05) is 35.9 Å². The molecule has 1 aliphatic heterocycles. The highest BCUT2D eigenvalue weighted by atomic mass is 35.5. The van der Waals surface area contributed by atoms with E-state index < -0.39 is 18.1 Å². The molecule has 0 amide bonds. The van der Waals surface area contributed by atoms with E-state index >= 15 is 0 Å². The molecule has 0 aliphatic carbocycles. The van der Waals surface area contributed by atoms with Crippen molar-refractivity contribution in [2.75, 3.05) is 19.8 Å². The molecule has 11 heteroatoms. The van der Waals surface area contributed by atoms with Crippen LogP contribution in [0.5, 0.6) is 23.0 Å². The highest BCUT2D eigenvalue weighted by molar-refractivity contribution is 6.32. The smallest absolute Gasteiger partial charge is 0.326 e. The molecule has 4 aromatic rings. The molecule has 0 unspecified atom stereocenters. The summed E-state index contributed by atoms with van der Waals surface area (Å²) in [6.07, 6.45) is 3.05. The van der Waals surface area contributed by atoms with Crippen molar-refractivity contribution >= 4 is 17.6 Å². The minimum atomic E-state index is -1.58. The van der Waals surface area contributed by atoms with Gasteiger partial charge < -0.3 is 29.2 Å². The van der Waals surface area contributed by atoms with Crippen molar-refractivity contribution in [3.8, 4) is 40.2 Å². The third kappa shape index (κ3) is 7.29. The van der Waals surface area contributed by atoms with Gasteiger partial charge in [0, 0.05) is 36.1 Å². The summed E-state index contributed by atoms with van der Waals surface area (Å²) >= 11 is 6.66. The van der Waals surface area contributed by atoms with Crippen LogP contribution in [0, 0.1) is 18.3 Å². The number of halogens is 1. The Hall–Kier alpha value is -4.82. The number of hydrogen-bond acceptors (Lipinski definition) is 9. The minimum Gasteiger partial charge on any atom is -0.488 e. The predicted octanol–water partition coefficient (Wildman–Crippen LogP) is 5.44. The van der Waals surface area contributed by atoms with Gasteiger partial charge in [-0.3, -0.25) is 15.1 Å². The first kappa shape index (κ1) is 31.6. The molecular formula is C34H32ClN3O7. The summed E-state index contributed by atoms with van der Waals surface area (Å²) in [7, 11) is 0. The topological polar surface area (TPSA) is 143 Å². The number of pyridine rings is 1. The first-order chi connectivity index (χ1) is 21.7. The second kappa shape index (κ2) is 13.9. The zero-order chi connectivity index (χ0) is 32.0. The zero-order valence-corrected chi connectivity index (χ0v) is 25.6. The van der Waals surface area contributed by atoms with Crippen molar-refractivity contribution in [3.05, 3.63) is 99.8 Å². The molecule has 2 heterocycles. The van der Waals surface area contributed by atoms with Crippen LogP contribution in [-0.4, -0.2) is 46.5 Å². The van der Waals surface area contributed by atoms with Crippen LogP contribution in [0.2, 0.25) is 5.02 Å². The number of carboxylic acid groups (broad SMARTS) is 1. The molecule has 5 rings (SSSR count). The maximum atomic E-state index is 11.7. The lowest BCUT2D eigenvalue weighted by Gasteiger charge is -2.25. The van der Waals surface area contributed by atoms with E-state index in [9.17, 15) is 20.3 Å². The lowest BCUT2D eigenvalue weighted by Crippen LogP contribution is -2.52. The SMILES string of the molecule is Cc1c(COc2cc(OCc3cncc(C#N)c3)c(CN[C@](C)(CO)C(=O)O)cc2Cl)cccc1-c1ccc2c(c1)OCCO2. The molecule has 0 fully saturated rings. The van der Waals surface area contributed by atoms with Crippen molar-refractivity contribution in [1.29, 1.82) is 5.26 Å². The molecule has 0 spiro atoms. The quantitative estimate of drug-likeness (QED) is 0.185. The van der Waals surface area contributed by atoms with Gasteiger partial charge in [0.05, 0.1) is 17.2 Å². The fourth-order valence-corrected chi connectivity index (χ4v) is 5.00. The Balaban J connectivity index is 1.39. The average Bonchev–Trinajstić information content (AvgIpc) is 3.06. The summed E-state index contributed by atoms with van der Waals surface area (Å²) in [6.45, 7) is 4.17. The monoisotopic (exact) mass is 629 g/mol. The maximum Gasteiger partial charge on any atom is 0.326 e. The van der Waals surface area contributed by atoms with Gasteiger partial charge in [-0.15, -0.1) is 0 Å². The van der Waals surface area contributed by atoms with Crippen molar-refractivity contribution < 1.29 is 34.0 Å². The van der Waals surface area contributed by atoms with E-state index in [2.05, 4.69) is 16.4 Å². The number of aromatic nitrogens is 1. The summed E-state index contributed by atoms with van der Waals surface area (Å²) in [5, 5.41) is 31.7. The van der Waals surface area contributed by atoms with Crippen LogP contribution in [0.15, 0.2) is 67.0 Å². The Morgan fingerprint density at radius 2 is 1.82 bits per heavy atom. The molecule has 1 aliphatic rings. The second-order valence-corrected chi connectivity index (χ2v) is 11.2. The number of nitrogens with one attached hydrogen (secondary N) is 1. The van der Waals surface area contributed by atoms with E-state index in [1.165, 1.54) is 13.1 Å². The van der Waals surface area contributed by atoms with E-state index in [-0.39, 0.29) is 19.8 Å².